The third kappa shape index (κ3) is 4.93. The largest absolute Gasteiger partial charge is 0.314 e. The highest BCUT2D eigenvalue weighted by Gasteiger charge is 2.02. The molecule has 2 nitrogen and oxygen atoms in total. The minimum absolute atomic E-state index is 0.687. The lowest BCUT2D eigenvalue weighted by molar-refractivity contribution is 0.466. The van der Waals surface area contributed by atoms with Gasteiger partial charge in [-0.25, -0.2) is 0 Å². The molecular formula is C13H22N2. The maximum atomic E-state index is 4.11. The van der Waals surface area contributed by atoms with Crippen LogP contribution in [-0.2, 0) is 6.42 Å². The van der Waals surface area contributed by atoms with Crippen LogP contribution in [0.3, 0.4) is 0 Å². The Balaban J connectivity index is 2.20. The lowest BCUT2D eigenvalue weighted by Gasteiger charge is -2.15. The van der Waals surface area contributed by atoms with E-state index in [9.17, 15) is 0 Å². The number of hydrogen-bond acceptors (Lipinski definition) is 2. The molecule has 1 atom stereocenters. The molecule has 0 saturated heterocycles. The van der Waals surface area contributed by atoms with Crippen LogP contribution in [0.1, 0.15) is 38.7 Å². The first-order chi connectivity index (χ1) is 7.36. The normalized spacial score (nSPS) is 12.7. The van der Waals surface area contributed by atoms with E-state index in [1.165, 1.54) is 24.8 Å². The first-order valence-electron chi connectivity index (χ1n) is 5.99. The Labute approximate surface area is 93.1 Å². The number of nitrogens with one attached hydrogen (secondary N) is 1. The minimum Gasteiger partial charge on any atom is -0.314 e. The standard InChI is InChI=1S/C13H22N2/c1-3-6-13(4-2)15-10-8-12-7-5-9-14-11-12/h5,7,9,11,13,15H,3-4,6,8,10H2,1-2H3. The van der Waals surface area contributed by atoms with Crippen molar-refractivity contribution in [2.24, 2.45) is 0 Å². The molecular weight excluding hydrogens is 184 g/mol. The van der Waals surface area contributed by atoms with E-state index >= 15 is 0 Å². The quantitative estimate of drug-likeness (QED) is 0.742. The summed E-state index contributed by atoms with van der Waals surface area (Å²) in [6.45, 7) is 5.55. The molecule has 1 aromatic rings. The van der Waals surface area contributed by atoms with Gasteiger partial charge in [0.1, 0.15) is 0 Å². The van der Waals surface area contributed by atoms with Crippen molar-refractivity contribution >= 4 is 0 Å². The molecule has 84 valence electrons. The Morgan fingerprint density at radius 2 is 2.27 bits per heavy atom. The number of aromatic nitrogens is 1. The van der Waals surface area contributed by atoms with Crippen molar-refractivity contribution < 1.29 is 0 Å². The van der Waals surface area contributed by atoms with Crippen molar-refractivity contribution in [3.05, 3.63) is 30.1 Å². The predicted octanol–water partition coefficient (Wildman–Crippen LogP) is 2.79. The highest BCUT2D eigenvalue weighted by Crippen LogP contribution is 2.01. The fraction of sp³-hybridized carbons (Fsp3) is 0.615. The maximum Gasteiger partial charge on any atom is 0.0300 e. The zero-order valence-electron chi connectivity index (χ0n) is 9.87. The molecule has 0 fully saturated rings. The molecule has 1 aromatic heterocycles. The topological polar surface area (TPSA) is 24.9 Å². The Morgan fingerprint density at radius 1 is 1.40 bits per heavy atom. The van der Waals surface area contributed by atoms with E-state index in [-0.39, 0.29) is 0 Å². The van der Waals surface area contributed by atoms with E-state index in [4.69, 9.17) is 0 Å². The molecule has 0 amide bonds. The van der Waals surface area contributed by atoms with E-state index < -0.39 is 0 Å². The molecule has 1 unspecified atom stereocenters. The van der Waals surface area contributed by atoms with Gasteiger partial charge >= 0.3 is 0 Å². The predicted molar refractivity (Wildman–Crippen MR) is 64.9 cm³/mol. The summed E-state index contributed by atoms with van der Waals surface area (Å²) in [6.07, 6.45) is 8.61. The molecule has 0 aromatic carbocycles. The molecule has 15 heavy (non-hydrogen) atoms. The van der Waals surface area contributed by atoms with Gasteiger partial charge in [-0.3, -0.25) is 4.98 Å². The van der Waals surface area contributed by atoms with E-state index in [0.29, 0.717) is 6.04 Å². The van der Waals surface area contributed by atoms with Gasteiger partial charge in [-0.15, -0.1) is 0 Å². The molecule has 0 spiro atoms. The summed E-state index contributed by atoms with van der Waals surface area (Å²) in [5, 5.41) is 3.59. The average molecular weight is 206 g/mol. The molecule has 0 bridgehead atoms. The fourth-order valence-corrected chi connectivity index (χ4v) is 1.77. The van der Waals surface area contributed by atoms with E-state index in [0.717, 1.165) is 13.0 Å². The molecule has 1 rings (SSSR count). The molecule has 0 saturated carbocycles. The average Bonchev–Trinajstić information content (AvgIpc) is 2.29. The second kappa shape index (κ2) is 7.41. The molecule has 2 heteroatoms. The van der Waals surface area contributed by atoms with Crippen LogP contribution in [0.4, 0.5) is 0 Å². The molecule has 1 N–H and O–H groups in total. The van der Waals surface area contributed by atoms with Gasteiger partial charge in [-0.05, 0) is 37.4 Å². The Kier molecular flexibility index (Phi) is 6.02. The summed E-state index contributed by atoms with van der Waals surface area (Å²) < 4.78 is 0. The minimum atomic E-state index is 0.687. The van der Waals surface area contributed by atoms with Gasteiger partial charge in [0.2, 0.25) is 0 Å². The lowest BCUT2D eigenvalue weighted by Crippen LogP contribution is -2.30. The number of hydrogen-bond donors (Lipinski definition) is 1. The molecule has 0 aliphatic carbocycles. The zero-order chi connectivity index (χ0) is 10.9. The number of rotatable bonds is 7. The smallest absolute Gasteiger partial charge is 0.0300 e. The van der Waals surface area contributed by atoms with Crippen LogP contribution >= 0.6 is 0 Å². The third-order valence-corrected chi connectivity index (χ3v) is 2.70. The Hall–Kier alpha value is -0.890. The number of nitrogens with zero attached hydrogens (tertiary/aromatic N) is 1. The molecule has 0 radical (unpaired) electrons. The van der Waals surface area contributed by atoms with Crippen molar-refractivity contribution in [3.63, 3.8) is 0 Å². The van der Waals surface area contributed by atoms with Crippen molar-refractivity contribution in [2.75, 3.05) is 6.54 Å². The number of pyridine rings is 1. The van der Waals surface area contributed by atoms with Gasteiger partial charge in [0.25, 0.3) is 0 Å². The molecule has 1 heterocycles. The van der Waals surface area contributed by atoms with Crippen LogP contribution in [0.15, 0.2) is 24.5 Å². The van der Waals surface area contributed by atoms with Crippen molar-refractivity contribution in [3.8, 4) is 0 Å². The van der Waals surface area contributed by atoms with Crippen LogP contribution in [0.25, 0.3) is 0 Å². The summed E-state index contributed by atoms with van der Waals surface area (Å²) >= 11 is 0. The first kappa shape index (κ1) is 12.2. The van der Waals surface area contributed by atoms with Gasteiger partial charge in [-0.2, -0.15) is 0 Å². The fourth-order valence-electron chi connectivity index (χ4n) is 1.77. The monoisotopic (exact) mass is 206 g/mol. The second-order valence-electron chi connectivity index (χ2n) is 3.96. The van der Waals surface area contributed by atoms with Crippen LogP contribution in [0.5, 0.6) is 0 Å². The first-order valence-corrected chi connectivity index (χ1v) is 5.99. The van der Waals surface area contributed by atoms with Crippen LogP contribution in [0, 0.1) is 0 Å². The SMILES string of the molecule is CCCC(CC)NCCc1cccnc1. The van der Waals surface area contributed by atoms with Gasteiger partial charge in [0.15, 0.2) is 0 Å². The van der Waals surface area contributed by atoms with E-state index in [1.807, 2.05) is 18.5 Å². The maximum absolute atomic E-state index is 4.11. The lowest BCUT2D eigenvalue weighted by atomic mass is 10.1. The van der Waals surface area contributed by atoms with Crippen LogP contribution in [-0.4, -0.2) is 17.6 Å². The highest BCUT2D eigenvalue weighted by molar-refractivity contribution is 5.08. The summed E-state index contributed by atoms with van der Waals surface area (Å²) in [7, 11) is 0. The van der Waals surface area contributed by atoms with E-state index in [1.54, 1.807) is 0 Å². The zero-order valence-corrected chi connectivity index (χ0v) is 9.87. The summed E-state index contributed by atoms with van der Waals surface area (Å²) in [5.74, 6) is 0. The summed E-state index contributed by atoms with van der Waals surface area (Å²) in [5.41, 5.74) is 1.32. The third-order valence-electron chi connectivity index (χ3n) is 2.70. The highest BCUT2D eigenvalue weighted by atomic mass is 14.9. The Morgan fingerprint density at radius 3 is 2.87 bits per heavy atom. The van der Waals surface area contributed by atoms with Gasteiger partial charge < -0.3 is 5.32 Å². The summed E-state index contributed by atoms with van der Waals surface area (Å²) in [4.78, 5) is 4.11. The van der Waals surface area contributed by atoms with Gasteiger partial charge in [0, 0.05) is 18.4 Å². The Bertz CT molecular complexity index is 246. The summed E-state index contributed by atoms with van der Waals surface area (Å²) in [6, 6.07) is 4.82. The van der Waals surface area contributed by atoms with Crippen molar-refractivity contribution in [1.82, 2.24) is 10.3 Å². The van der Waals surface area contributed by atoms with Crippen LogP contribution < -0.4 is 5.32 Å². The molecule has 0 aliphatic heterocycles. The van der Waals surface area contributed by atoms with Crippen molar-refractivity contribution in [1.29, 1.82) is 0 Å². The second-order valence-corrected chi connectivity index (χ2v) is 3.96. The van der Waals surface area contributed by atoms with Crippen molar-refractivity contribution in [2.45, 2.75) is 45.6 Å². The van der Waals surface area contributed by atoms with Crippen LogP contribution in [0.2, 0.25) is 0 Å². The molecule has 0 aliphatic rings. The van der Waals surface area contributed by atoms with E-state index in [2.05, 4.69) is 30.2 Å². The van der Waals surface area contributed by atoms with Gasteiger partial charge in [0.05, 0.1) is 0 Å². The van der Waals surface area contributed by atoms with Gasteiger partial charge in [-0.1, -0.05) is 26.3 Å².